The molecule has 1 aromatic carbocycles. The van der Waals surface area contributed by atoms with Crippen LogP contribution in [0.2, 0.25) is 5.02 Å². The number of nitrogens with one attached hydrogen (secondary N) is 1. The molecule has 1 aliphatic heterocycles. The molecule has 5 rings (SSSR count). The largest absolute Gasteiger partial charge is 0.369 e. The van der Waals surface area contributed by atoms with Gasteiger partial charge in [0.25, 0.3) is 10.0 Å². The normalized spacial score (nSPS) is 16.9. The maximum Gasteiger partial charge on any atom is 0.262 e. The molecule has 1 saturated heterocycles. The van der Waals surface area contributed by atoms with Crippen LogP contribution < -0.4 is 5.32 Å². The first-order valence-electron chi connectivity index (χ1n) is 10.9. The van der Waals surface area contributed by atoms with E-state index in [9.17, 15) is 8.42 Å². The van der Waals surface area contributed by atoms with Crippen molar-refractivity contribution >= 4 is 43.9 Å². The number of anilines is 2. The number of pyridine rings is 1. The summed E-state index contributed by atoms with van der Waals surface area (Å²) >= 11 is 7.63. The first-order chi connectivity index (χ1) is 16.9. The molecular formula is C23H23ClN6O3S2. The van der Waals surface area contributed by atoms with Crippen LogP contribution in [0.3, 0.4) is 0 Å². The Morgan fingerprint density at radius 2 is 2.09 bits per heavy atom. The zero-order chi connectivity index (χ0) is 24.4. The second-order valence-corrected chi connectivity index (χ2v) is 11.5. The number of imidazole rings is 1. The van der Waals surface area contributed by atoms with Crippen LogP contribution in [-0.2, 0) is 28.2 Å². The molecule has 0 radical (unpaired) electrons. The average molecular weight is 531 g/mol. The highest BCUT2D eigenvalue weighted by Gasteiger charge is 2.33. The van der Waals surface area contributed by atoms with Crippen molar-refractivity contribution in [3.63, 3.8) is 0 Å². The van der Waals surface area contributed by atoms with Crippen LogP contribution in [-0.4, -0.2) is 51.9 Å². The van der Waals surface area contributed by atoms with Crippen LogP contribution in [0.5, 0.6) is 0 Å². The van der Waals surface area contributed by atoms with Gasteiger partial charge in [0, 0.05) is 48.9 Å². The van der Waals surface area contributed by atoms with Crippen LogP contribution in [0.4, 0.5) is 10.9 Å². The molecule has 0 unspecified atom stereocenters. The van der Waals surface area contributed by atoms with Crippen molar-refractivity contribution in [3.05, 3.63) is 82.3 Å². The van der Waals surface area contributed by atoms with Gasteiger partial charge in [0.15, 0.2) is 10.2 Å². The lowest BCUT2D eigenvalue weighted by Crippen LogP contribution is -2.42. The lowest BCUT2D eigenvalue weighted by molar-refractivity contribution is -0.00492. The second-order valence-electron chi connectivity index (χ2n) is 8.11. The van der Waals surface area contributed by atoms with Gasteiger partial charge in [0.2, 0.25) is 0 Å². The monoisotopic (exact) mass is 530 g/mol. The molecular weight excluding hydrogens is 508 g/mol. The summed E-state index contributed by atoms with van der Waals surface area (Å²) in [6.45, 7) is 0.702. The fourth-order valence-corrected chi connectivity index (χ4v) is 6.24. The van der Waals surface area contributed by atoms with E-state index in [2.05, 4.69) is 20.3 Å². The van der Waals surface area contributed by atoms with Gasteiger partial charge in [-0.1, -0.05) is 29.8 Å². The number of sulfonamides is 1. The summed E-state index contributed by atoms with van der Waals surface area (Å²) in [5.41, 5.74) is 1.76. The summed E-state index contributed by atoms with van der Waals surface area (Å²) in [7, 11) is -1.97. The topological polar surface area (TPSA) is 102 Å². The minimum atomic E-state index is -3.71. The Morgan fingerprint density at radius 1 is 1.23 bits per heavy atom. The summed E-state index contributed by atoms with van der Waals surface area (Å²) in [6, 6.07) is 13.3. The quantitative estimate of drug-likeness (QED) is 0.385. The van der Waals surface area contributed by atoms with Crippen molar-refractivity contribution in [1.29, 1.82) is 0 Å². The molecule has 182 valence electrons. The number of ether oxygens (including phenoxy) is 1. The third-order valence-corrected chi connectivity index (χ3v) is 8.37. The van der Waals surface area contributed by atoms with Gasteiger partial charge in [-0.05, 0) is 29.8 Å². The molecule has 0 aliphatic carbocycles. The second kappa shape index (κ2) is 10.0. The molecule has 4 aromatic rings. The molecule has 0 saturated carbocycles. The van der Waals surface area contributed by atoms with Crippen molar-refractivity contribution in [2.45, 2.75) is 17.6 Å². The van der Waals surface area contributed by atoms with Crippen LogP contribution in [0.25, 0.3) is 0 Å². The van der Waals surface area contributed by atoms with Gasteiger partial charge in [0.05, 0.1) is 18.6 Å². The molecule has 1 N–H and O–H groups in total. The van der Waals surface area contributed by atoms with E-state index in [1.165, 1.54) is 16.8 Å². The predicted molar refractivity (Wildman–Crippen MR) is 135 cm³/mol. The number of morpholine rings is 1. The van der Waals surface area contributed by atoms with E-state index in [0.29, 0.717) is 16.5 Å². The molecule has 0 amide bonds. The summed E-state index contributed by atoms with van der Waals surface area (Å²) in [4.78, 5) is 14.2. The Hall–Kier alpha value is -2.83. The number of benzene rings is 1. The number of thiazole rings is 1. The van der Waals surface area contributed by atoms with E-state index >= 15 is 0 Å². The minimum absolute atomic E-state index is 0.0291. The van der Waals surface area contributed by atoms with E-state index in [1.807, 2.05) is 48.7 Å². The third-order valence-electron chi connectivity index (χ3n) is 5.47. The average Bonchev–Trinajstić information content (AvgIpc) is 3.48. The van der Waals surface area contributed by atoms with Gasteiger partial charge in [0.1, 0.15) is 11.9 Å². The molecule has 1 aliphatic rings. The molecule has 4 heterocycles. The van der Waals surface area contributed by atoms with Crippen molar-refractivity contribution < 1.29 is 13.2 Å². The first-order valence-corrected chi connectivity index (χ1v) is 13.5. The zero-order valence-corrected chi connectivity index (χ0v) is 21.2. The molecule has 1 fully saturated rings. The standard InChI is InChI=1S/C23H23ClN6O3S2/c1-29-14-22(26-15-29)35(31,32)30-8-9-33-20(13-30)19-6-3-7-21(27-19)28-23-25-12-18(34-23)11-16-4-2-5-17(24)10-16/h2-7,10,12,14-15,20H,8-9,11,13H2,1H3,(H,25,27,28)/t20-/m0/s1. The fraction of sp³-hybridized carbons (Fsp3) is 0.261. The maximum absolute atomic E-state index is 13.0. The number of aromatic nitrogens is 4. The Balaban J connectivity index is 1.27. The number of halogens is 1. The Morgan fingerprint density at radius 3 is 2.89 bits per heavy atom. The third kappa shape index (κ3) is 5.54. The Bertz CT molecular complexity index is 1440. The molecule has 12 heteroatoms. The van der Waals surface area contributed by atoms with E-state index in [0.717, 1.165) is 22.0 Å². The van der Waals surface area contributed by atoms with Crippen LogP contribution in [0.1, 0.15) is 22.2 Å². The highest BCUT2D eigenvalue weighted by Crippen LogP contribution is 2.28. The van der Waals surface area contributed by atoms with Crippen molar-refractivity contribution in [1.82, 2.24) is 23.8 Å². The number of aryl methyl sites for hydroxylation is 1. The summed E-state index contributed by atoms with van der Waals surface area (Å²) < 4.78 is 34.8. The SMILES string of the molecule is Cn1cnc(S(=O)(=O)N2CCO[C@H](c3cccc(Nc4ncc(Cc5cccc(Cl)c5)s4)n3)C2)c1. The van der Waals surface area contributed by atoms with Gasteiger partial charge in [-0.3, -0.25) is 0 Å². The number of hydrogen-bond donors (Lipinski definition) is 1. The number of nitrogens with zero attached hydrogens (tertiary/aromatic N) is 5. The highest BCUT2D eigenvalue weighted by atomic mass is 35.5. The van der Waals surface area contributed by atoms with Gasteiger partial charge in [-0.25, -0.2) is 23.4 Å². The van der Waals surface area contributed by atoms with Crippen LogP contribution in [0.15, 0.2) is 66.2 Å². The highest BCUT2D eigenvalue weighted by molar-refractivity contribution is 7.89. The molecule has 3 aromatic heterocycles. The van der Waals surface area contributed by atoms with Gasteiger partial charge in [-0.2, -0.15) is 4.31 Å². The van der Waals surface area contributed by atoms with Crippen LogP contribution >= 0.6 is 22.9 Å². The summed E-state index contributed by atoms with van der Waals surface area (Å²) in [5.74, 6) is 0.611. The first kappa shape index (κ1) is 23.9. The molecule has 9 nitrogen and oxygen atoms in total. The summed E-state index contributed by atoms with van der Waals surface area (Å²) in [5, 5.41) is 4.70. The molecule has 0 bridgehead atoms. The Labute approximate surface area is 212 Å². The van der Waals surface area contributed by atoms with E-state index in [1.54, 1.807) is 23.0 Å². The van der Waals surface area contributed by atoms with Crippen molar-refractivity contribution in [2.75, 3.05) is 25.0 Å². The number of hydrogen-bond acceptors (Lipinski definition) is 8. The van der Waals surface area contributed by atoms with Crippen molar-refractivity contribution in [2.24, 2.45) is 7.05 Å². The van der Waals surface area contributed by atoms with Gasteiger partial charge < -0.3 is 14.6 Å². The maximum atomic E-state index is 13.0. The van der Waals surface area contributed by atoms with E-state index in [4.69, 9.17) is 16.3 Å². The summed E-state index contributed by atoms with van der Waals surface area (Å²) in [6.07, 6.45) is 5.06. The Kier molecular flexibility index (Phi) is 6.85. The van der Waals surface area contributed by atoms with Crippen LogP contribution in [0, 0.1) is 0 Å². The minimum Gasteiger partial charge on any atom is -0.369 e. The molecule has 35 heavy (non-hydrogen) atoms. The van der Waals surface area contributed by atoms with Crippen molar-refractivity contribution in [3.8, 4) is 0 Å². The zero-order valence-electron chi connectivity index (χ0n) is 18.8. The van der Waals surface area contributed by atoms with Gasteiger partial charge in [-0.15, -0.1) is 11.3 Å². The lowest BCUT2D eigenvalue weighted by atomic mass is 10.1. The molecule has 0 spiro atoms. The lowest BCUT2D eigenvalue weighted by Gasteiger charge is -2.31. The number of rotatable bonds is 7. The molecule has 1 atom stereocenters. The smallest absolute Gasteiger partial charge is 0.262 e. The predicted octanol–water partition coefficient (Wildman–Crippen LogP) is 4.02. The van der Waals surface area contributed by atoms with E-state index < -0.39 is 16.1 Å². The van der Waals surface area contributed by atoms with E-state index in [-0.39, 0.29) is 24.7 Å². The van der Waals surface area contributed by atoms with Gasteiger partial charge >= 0.3 is 0 Å². The fourth-order valence-electron chi connectivity index (χ4n) is 3.78.